The van der Waals surface area contributed by atoms with E-state index in [1.54, 1.807) is 13.0 Å². The van der Waals surface area contributed by atoms with Crippen molar-refractivity contribution in [1.82, 2.24) is 4.90 Å². The SMILES string of the molecule is C/C=C/C(=O)N1C(=O)OC[C@@H]1C(c1ccc2ccccc2c1)c1ccc2ccccc2c1. The lowest BCUT2D eigenvalue weighted by Crippen LogP contribution is -2.42. The first-order valence-electron chi connectivity index (χ1n) is 10.8. The van der Waals surface area contributed by atoms with Crippen LogP contribution in [0.4, 0.5) is 4.79 Å². The van der Waals surface area contributed by atoms with Crippen LogP contribution in [0.5, 0.6) is 0 Å². The number of nitrogens with zero attached hydrogens (tertiary/aromatic N) is 1. The summed E-state index contributed by atoms with van der Waals surface area (Å²) in [6.07, 6.45) is 2.47. The van der Waals surface area contributed by atoms with Crippen LogP contribution in [0, 0.1) is 0 Å². The van der Waals surface area contributed by atoms with Crippen LogP contribution >= 0.6 is 0 Å². The topological polar surface area (TPSA) is 46.6 Å². The van der Waals surface area contributed by atoms with Crippen molar-refractivity contribution in [3.05, 3.63) is 108 Å². The monoisotopic (exact) mass is 421 g/mol. The van der Waals surface area contributed by atoms with Gasteiger partial charge in [0.1, 0.15) is 6.61 Å². The fraction of sp³-hybridized carbons (Fsp3) is 0.143. The largest absolute Gasteiger partial charge is 0.447 e. The number of ether oxygens (including phenoxy) is 1. The van der Waals surface area contributed by atoms with Crippen LogP contribution in [0.15, 0.2) is 97.1 Å². The normalized spacial score (nSPS) is 16.4. The van der Waals surface area contributed by atoms with Crippen LogP contribution in [0.2, 0.25) is 0 Å². The third-order valence-corrected chi connectivity index (χ3v) is 6.10. The van der Waals surface area contributed by atoms with E-state index in [1.807, 2.05) is 24.3 Å². The van der Waals surface area contributed by atoms with E-state index in [2.05, 4.69) is 60.7 Å². The zero-order chi connectivity index (χ0) is 22.1. The van der Waals surface area contributed by atoms with Crippen molar-refractivity contribution in [2.45, 2.75) is 18.9 Å². The average Bonchev–Trinajstić information content (AvgIpc) is 3.20. The number of amides is 2. The van der Waals surface area contributed by atoms with Crippen molar-refractivity contribution in [3.8, 4) is 0 Å². The molecule has 4 heteroatoms. The molecule has 0 spiro atoms. The standard InChI is InChI=1S/C28H23NO3/c1-2-7-26(30)29-25(18-32-28(29)31)27(23-14-12-19-8-3-5-10-21(19)16-23)24-15-13-20-9-4-6-11-22(20)17-24/h2-17,25,27H,18H2,1H3/b7-2+/t25-/m1/s1. The number of rotatable bonds is 4. The van der Waals surface area contributed by atoms with Crippen LogP contribution in [0.25, 0.3) is 21.5 Å². The Kier molecular flexibility index (Phi) is 5.20. The number of benzene rings is 4. The molecular weight excluding hydrogens is 398 g/mol. The molecule has 4 nitrogen and oxygen atoms in total. The molecule has 1 atom stereocenters. The molecule has 4 aromatic carbocycles. The van der Waals surface area contributed by atoms with E-state index in [4.69, 9.17) is 4.74 Å². The highest BCUT2D eigenvalue weighted by atomic mass is 16.6. The lowest BCUT2D eigenvalue weighted by Gasteiger charge is -2.28. The molecule has 5 rings (SSSR count). The van der Waals surface area contributed by atoms with Gasteiger partial charge in [0, 0.05) is 5.92 Å². The zero-order valence-corrected chi connectivity index (χ0v) is 17.8. The molecule has 0 aromatic heterocycles. The van der Waals surface area contributed by atoms with Gasteiger partial charge in [0.25, 0.3) is 5.91 Å². The number of allylic oxidation sites excluding steroid dienone is 1. The maximum absolute atomic E-state index is 12.8. The molecule has 0 saturated carbocycles. The van der Waals surface area contributed by atoms with Crippen LogP contribution in [-0.2, 0) is 9.53 Å². The van der Waals surface area contributed by atoms with Crippen molar-refractivity contribution in [1.29, 1.82) is 0 Å². The highest BCUT2D eigenvalue weighted by Gasteiger charge is 2.42. The first-order chi connectivity index (χ1) is 15.7. The average molecular weight is 421 g/mol. The molecule has 1 fully saturated rings. The van der Waals surface area contributed by atoms with Crippen molar-refractivity contribution >= 4 is 33.5 Å². The quantitative estimate of drug-likeness (QED) is 0.377. The predicted octanol–water partition coefficient (Wildman–Crippen LogP) is 6.05. The molecule has 0 bridgehead atoms. The van der Waals surface area contributed by atoms with Gasteiger partial charge in [-0.15, -0.1) is 0 Å². The number of fused-ring (bicyclic) bond motifs is 2. The van der Waals surface area contributed by atoms with E-state index in [0.717, 1.165) is 32.7 Å². The second kappa shape index (κ2) is 8.31. The van der Waals surface area contributed by atoms with E-state index >= 15 is 0 Å². The fourth-order valence-corrected chi connectivity index (χ4v) is 4.60. The van der Waals surface area contributed by atoms with Gasteiger partial charge in [-0.2, -0.15) is 0 Å². The molecule has 1 saturated heterocycles. The van der Waals surface area contributed by atoms with E-state index in [0.29, 0.717) is 0 Å². The lowest BCUT2D eigenvalue weighted by atomic mass is 9.83. The van der Waals surface area contributed by atoms with Gasteiger partial charge in [-0.1, -0.05) is 91.0 Å². The number of cyclic esters (lactones) is 1. The molecule has 158 valence electrons. The summed E-state index contributed by atoms with van der Waals surface area (Å²) in [5.41, 5.74) is 2.08. The Morgan fingerprint density at radius 3 is 1.94 bits per heavy atom. The maximum Gasteiger partial charge on any atom is 0.417 e. The summed E-state index contributed by atoms with van der Waals surface area (Å²) in [7, 11) is 0. The Morgan fingerprint density at radius 2 is 1.41 bits per heavy atom. The van der Waals surface area contributed by atoms with Crippen molar-refractivity contribution < 1.29 is 14.3 Å². The first kappa shape index (κ1) is 20.0. The third kappa shape index (κ3) is 3.54. The Hall–Kier alpha value is -3.92. The van der Waals surface area contributed by atoms with Gasteiger partial charge in [-0.05, 0) is 45.7 Å². The van der Waals surface area contributed by atoms with E-state index < -0.39 is 12.1 Å². The maximum atomic E-state index is 12.8. The number of imide groups is 1. The minimum Gasteiger partial charge on any atom is -0.447 e. The molecular formula is C28H23NO3. The lowest BCUT2D eigenvalue weighted by molar-refractivity contribution is -0.124. The van der Waals surface area contributed by atoms with Crippen LogP contribution in [0.3, 0.4) is 0 Å². The van der Waals surface area contributed by atoms with E-state index in [1.165, 1.54) is 11.0 Å². The van der Waals surface area contributed by atoms with Crippen molar-refractivity contribution in [2.75, 3.05) is 6.61 Å². The summed E-state index contributed by atoms with van der Waals surface area (Å²) >= 11 is 0. The third-order valence-electron chi connectivity index (χ3n) is 6.10. The van der Waals surface area contributed by atoms with Gasteiger partial charge in [0.2, 0.25) is 0 Å². The first-order valence-corrected chi connectivity index (χ1v) is 10.8. The summed E-state index contributed by atoms with van der Waals surface area (Å²) in [5, 5.41) is 4.53. The highest BCUT2D eigenvalue weighted by Crippen LogP contribution is 2.37. The summed E-state index contributed by atoms with van der Waals surface area (Å²) < 4.78 is 5.38. The second-order valence-corrected chi connectivity index (χ2v) is 8.04. The van der Waals surface area contributed by atoms with Gasteiger partial charge >= 0.3 is 6.09 Å². The minimum absolute atomic E-state index is 0.159. The van der Waals surface area contributed by atoms with Gasteiger partial charge < -0.3 is 4.74 Å². The minimum atomic E-state index is -0.593. The van der Waals surface area contributed by atoms with Gasteiger partial charge in [-0.3, -0.25) is 4.79 Å². The zero-order valence-electron chi connectivity index (χ0n) is 17.8. The fourth-order valence-electron chi connectivity index (χ4n) is 4.60. The number of hydrogen-bond acceptors (Lipinski definition) is 3. The molecule has 1 aliphatic rings. The molecule has 0 aliphatic carbocycles. The number of carbonyl (C=O) groups excluding carboxylic acids is 2. The molecule has 32 heavy (non-hydrogen) atoms. The molecule has 0 N–H and O–H groups in total. The van der Waals surface area contributed by atoms with Crippen LogP contribution in [-0.4, -0.2) is 29.5 Å². The summed E-state index contributed by atoms with van der Waals surface area (Å²) in [6, 6.07) is 28.6. The Bertz CT molecular complexity index is 1280. The summed E-state index contributed by atoms with van der Waals surface area (Å²) in [6.45, 7) is 1.92. The number of carbonyl (C=O) groups is 2. The summed E-state index contributed by atoms with van der Waals surface area (Å²) in [4.78, 5) is 26.6. The second-order valence-electron chi connectivity index (χ2n) is 8.04. The smallest absolute Gasteiger partial charge is 0.417 e. The molecule has 2 amide bonds. The Labute approximate surface area is 186 Å². The van der Waals surface area contributed by atoms with E-state index in [-0.39, 0.29) is 18.4 Å². The molecule has 0 radical (unpaired) electrons. The summed E-state index contributed by atoms with van der Waals surface area (Å²) in [5.74, 6) is -0.573. The molecule has 0 unspecified atom stereocenters. The highest BCUT2D eigenvalue weighted by molar-refractivity contribution is 6.00. The Balaban J connectivity index is 1.68. The van der Waals surface area contributed by atoms with Crippen LogP contribution < -0.4 is 0 Å². The van der Waals surface area contributed by atoms with Gasteiger partial charge in [0.05, 0.1) is 6.04 Å². The van der Waals surface area contributed by atoms with E-state index in [9.17, 15) is 9.59 Å². The van der Waals surface area contributed by atoms with Gasteiger partial charge in [-0.25, -0.2) is 9.69 Å². The predicted molar refractivity (Wildman–Crippen MR) is 127 cm³/mol. The molecule has 1 aliphatic heterocycles. The molecule has 1 heterocycles. The van der Waals surface area contributed by atoms with Crippen LogP contribution in [0.1, 0.15) is 24.0 Å². The van der Waals surface area contributed by atoms with Crippen molar-refractivity contribution in [3.63, 3.8) is 0 Å². The molecule has 4 aromatic rings. The van der Waals surface area contributed by atoms with Crippen molar-refractivity contribution in [2.24, 2.45) is 0 Å². The van der Waals surface area contributed by atoms with Gasteiger partial charge in [0.15, 0.2) is 0 Å². The Morgan fingerprint density at radius 1 is 0.875 bits per heavy atom. The number of hydrogen-bond donors (Lipinski definition) is 0.